The molecule has 0 atom stereocenters. The maximum atomic E-state index is 13.5. The summed E-state index contributed by atoms with van der Waals surface area (Å²) in [5.74, 6) is 0. The molecule has 8 heteroatoms. The summed E-state index contributed by atoms with van der Waals surface area (Å²) in [5, 5.41) is 0. The largest absolute Gasteiger partial charge is 0.310 e. The summed E-state index contributed by atoms with van der Waals surface area (Å²) in [6.07, 6.45) is 0. The molecule has 4 aromatic carbocycles. The second-order valence-electron chi connectivity index (χ2n) is 10.5. The quantitative estimate of drug-likeness (QED) is 0.180. The number of aryl methyl sites for hydroxylation is 3. The van der Waals surface area contributed by atoms with Crippen molar-refractivity contribution < 1.29 is 19.4 Å². The minimum absolute atomic E-state index is 0.389. The van der Waals surface area contributed by atoms with E-state index in [0.717, 1.165) is 62.5 Å². The molecule has 0 radical (unpaired) electrons. The van der Waals surface area contributed by atoms with Crippen molar-refractivity contribution in [1.82, 2.24) is 9.13 Å². The van der Waals surface area contributed by atoms with Gasteiger partial charge < -0.3 is 9.13 Å². The van der Waals surface area contributed by atoms with E-state index in [1.165, 1.54) is 0 Å². The lowest BCUT2D eigenvalue weighted by Crippen LogP contribution is -2.05. The van der Waals surface area contributed by atoms with Crippen molar-refractivity contribution >= 4 is 21.3 Å². The molecule has 0 fully saturated rings. The lowest BCUT2D eigenvalue weighted by atomic mass is 10.1. The molecule has 41 heavy (non-hydrogen) atoms. The van der Waals surface area contributed by atoms with E-state index < -0.39 is 15.1 Å². The first-order chi connectivity index (χ1) is 19.2. The van der Waals surface area contributed by atoms with Crippen LogP contribution in [0.2, 0.25) is 0 Å². The number of hydrogen-bond acceptors (Lipinski definition) is 0. The third-order valence-corrected chi connectivity index (χ3v) is 8.46. The van der Waals surface area contributed by atoms with E-state index in [1.54, 1.807) is 0 Å². The normalized spacial score (nSPS) is 13.8. The van der Waals surface area contributed by atoms with Crippen molar-refractivity contribution in [1.29, 1.82) is 0 Å². The highest BCUT2D eigenvalue weighted by Gasteiger charge is 2.65. The van der Waals surface area contributed by atoms with Crippen molar-refractivity contribution in [2.24, 2.45) is 0 Å². The number of halogens is 5. The van der Waals surface area contributed by atoms with Crippen LogP contribution in [0.4, 0.5) is 19.4 Å². The number of nitrogens with zero attached hydrogens (tertiary/aromatic N) is 2. The molecule has 0 bridgehead atoms. The van der Waals surface area contributed by atoms with Crippen LogP contribution in [0.3, 0.4) is 0 Å². The molecule has 0 aliphatic carbocycles. The Morgan fingerprint density at radius 2 is 0.756 bits per heavy atom. The smallest absolute Gasteiger partial charge is 0.308 e. The van der Waals surface area contributed by atoms with Gasteiger partial charge in [0.15, 0.2) is 0 Å². The van der Waals surface area contributed by atoms with Crippen LogP contribution in [-0.4, -0.2) is 9.13 Å². The fourth-order valence-corrected chi connectivity index (χ4v) is 5.78. The van der Waals surface area contributed by atoms with Gasteiger partial charge in [-0.3, -0.25) is 0 Å². The van der Waals surface area contributed by atoms with Gasteiger partial charge in [0.1, 0.15) is 4.90 Å². The van der Waals surface area contributed by atoms with Crippen molar-refractivity contribution in [2.45, 2.75) is 25.7 Å². The molecule has 6 aromatic rings. The molecule has 0 aliphatic heterocycles. The monoisotopic (exact) mass is 578 g/mol. The van der Waals surface area contributed by atoms with Crippen molar-refractivity contribution in [2.75, 3.05) is 0 Å². The van der Waals surface area contributed by atoms with Crippen molar-refractivity contribution in [3.63, 3.8) is 0 Å². The van der Waals surface area contributed by atoms with Crippen LogP contribution < -0.4 is 0 Å². The van der Waals surface area contributed by atoms with Gasteiger partial charge in [-0.2, -0.15) is 0 Å². The zero-order valence-electron chi connectivity index (χ0n) is 22.6. The van der Waals surface area contributed by atoms with Gasteiger partial charge in [-0.15, -0.1) is 0 Å². The molecule has 0 spiro atoms. The van der Waals surface area contributed by atoms with Gasteiger partial charge in [0.25, 0.3) is 0 Å². The first-order valence-electron chi connectivity index (χ1n) is 13.0. The third kappa shape index (κ3) is 5.04. The highest BCUT2D eigenvalue weighted by molar-refractivity contribution is 8.45. The lowest BCUT2D eigenvalue weighted by Gasteiger charge is -2.40. The van der Waals surface area contributed by atoms with Crippen LogP contribution in [0.15, 0.2) is 114 Å². The van der Waals surface area contributed by atoms with Gasteiger partial charge in [0.05, 0.1) is 22.4 Å². The molecular weight excluding hydrogens is 551 g/mol. The van der Waals surface area contributed by atoms with Gasteiger partial charge >= 0.3 is 10.2 Å². The average Bonchev–Trinajstić information content (AvgIpc) is 3.46. The highest BCUT2D eigenvalue weighted by Crippen LogP contribution is 3.02. The zero-order chi connectivity index (χ0) is 29.2. The Morgan fingerprint density at radius 1 is 0.439 bits per heavy atom. The molecule has 0 aliphatic rings. The molecule has 2 aromatic heterocycles. The minimum atomic E-state index is -9.80. The Bertz CT molecular complexity index is 1900. The summed E-state index contributed by atoms with van der Waals surface area (Å²) in [7, 11) is -9.80. The number of hydrogen-bond donors (Lipinski definition) is 0. The van der Waals surface area contributed by atoms with E-state index in [2.05, 4.69) is 22.8 Å². The number of benzene rings is 4. The second kappa shape index (κ2) is 8.60. The van der Waals surface area contributed by atoms with Crippen LogP contribution >= 0.6 is 10.2 Å². The van der Waals surface area contributed by atoms with E-state index in [0.29, 0.717) is 23.4 Å². The Labute approximate surface area is 235 Å². The van der Waals surface area contributed by atoms with E-state index in [9.17, 15) is 19.4 Å². The van der Waals surface area contributed by atoms with Gasteiger partial charge in [0.2, 0.25) is 0 Å². The van der Waals surface area contributed by atoms with E-state index in [1.807, 2.05) is 92.1 Å². The molecule has 0 amide bonds. The van der Waals surface area contributed by atoms with Crippen LogP contribution in [0.1, 0.15) is 16.7 Å². The molecule has 210 valence electrons. The predicted octanol–water partition coefficient (Wildman–Crippen LogP) is 11.3. The van der Waals surface area contributed by atoms with Gasteiger partial charge in [0, 0.05) is 11.4 Å². The maximum Gasteiger partial charge on any atom is 0.310 e. The molecule has 6 rings (SSSR count). The summed E-state index contributed by atoms with van der Waals surface area (Å²) in [6.45, 7) is 6.01. The van der Waals surface area contributed by atoms with Gasteiger partial charge in [-0.05, 0) is 80.4 Å². The molecule has 2 nitrogen and oxygen atoms in total. The summed E-state index contributed by atoms with van der Waals surface area (Å²) < 4.78 is 71.4. The second-order valence-corrected chi connectivity index (χ2v) is 12.9. The topological polar surface area (TPSA) is 9.86 Å². The maximum absolute atomic E-state index is 13.5. The molecular formula is C33H27F5N2S. The standard InChI is InChI=1S/C33H27F5N2S/c1-22-4-10-25(11-5-22)30-20-32-33(39(30)27-14-6-23(2)7-15-27)21-31(40(32)28-16-8-24(3)9-17-28)26-12-18-29(19-13-26)41(34,35,36,37)38/h4-21H,1-3H3. The number of fused-ring (bicyclic) bond motifs is 1. The predicted molar refractivity (Wildman–Crippen MR) is 159 cm³/mol. The fourth-order valence-electron chi connectivity index (χ4n) is 5.13. The van der Waals surface area contributed by atoms with Crippen LogP contribution in [-0.2, 0) is 0 Å². The summed E-state index contributed by atoms with van der Waals surface area (Å²) in [6, 6.07) is 31.3. The van der Waals surface area contributed by atoms with E-state index in [4.69, 9.17) is 0 Å². The Hall–Kier alpha value is -4.30. The van der Waals surface area contributed by atoms with E-state index in [-0.39, 0.29) is 0 Å². The highest BCUT2D eigenvalue weighted by atomic mass is 32.5. The first-order valence-corrected chi connectivity index (χ1v) is 15.0. The molecule has 0 unspecified atom stereocenters. The molecule has 0 saturated carbocycles. The van der Waals surface area contributed by atoms with Gasteiger partial charge in [-0.1, -0.05) is 96.8 Å². The Kier molecular flexibility index (Phi) is 5.64. The first kappa shape index (κ1) is 26.9. The van der Waals surface area contributed by atoms with Crippen molar-refractivity contribution in [3.8, 4) is 33.9 Å². The average molecular weight is 579 g/mol. The SMILES string of the molecule is Cc1ccc(-c2cc3c(cc(-c4ccc(S(F)(F)(F)(F)F)cc4)n3-c3ccc(C)cc3)n2-c2ccc(C)cc2)cc1. The van der Waals surface area contributed by atoms with Crippen LogP contribution in [0.5, 0.6) is 0 Å². The van der Waals surface area contributed by atoms with Crippen LogP contribution in [0, 0.1) is 20.8 Å². The summed E-state index contributed by atoms with van der Waals surface area (Å²) in [4.78, 5) is -1.91. The summed E-state index contributed by atoms with van der Waals surface area (Å²) >= 11 is 0. The fraction of sp³-hybridized carbons (Fsp3) is 0.0909. The molecule has 0 saturated heterocycles. The minimum Gasteiger partial charge on any atom is -0.308 e. The number of rotatable bonds is 5. The summed E-state index contributed by atoms with van der Waals surface area (Å²) in [5.41, 5.74) is 9.60. The Morgan fingerprint density at radius 3 is 1.10 bits per heavy atom. The van der Waals surface area contributed by atoms with Crippen LogP contribution in [0.25, 0.3) is 44.9 Å². The van der Waals surface area contributed by atoms with E-state index >= 15 is 0 Å². The van der Waals surface area contributed by atoms with Gasteiger partial charge in [-0.25, -0.2) is 0 Å². The number of aromatic nitrogens is 2. The van der Waals surface area contributed by atoms with Crippen molar-refractivity contribution in [3.05, 3.63) is 126 Å². The zero-order valence-corrected chi connectivity index (χ0v) is 23.4. The lowest BCUT2D eigenvalue weighted by molar-refractivity contribution is 0.364. The molecule has 2 heterocycles. The Balaban J connectivity index is 1.66. The molecule has 0 N–H and O–H groups in total. The third-order valence-electron chi connectivity index (χ3n) is 7.30.